The molecule has 5 nitrogen and oxygen atoms in total. The molecule has 120 valence electrons. The van der Waals surface area contributed by atoms with Gasteiger partial charge in [0.05, 0.1) is 25.3 Å². The highest BCUT2D eigenvalue weighted by molar-refractivity contribution is 5.88. The number of rotatable bonds is 7. The van der Waals surface area contributed by atoms with Crippen LogP contribution in [0.5, 0.6) is 17.2 Å². The topological polar surface area (TPSA) is 60.5 Å². The van der Waals surface area contributed by atoms with E-state index in [-0.39, 0.29) is 17.4 Å². The van der Waals surface area contributed by atoms with Crippen LogP contribution in [-0.4, -0.2) is 24.8 Å². The lowest BCUT2D eigenvalue weighted by Gasteiger charge is -2.16. The molecule has 0 bridgehead atoms. The normalized spacial score (nSPS) is 11.0. The number of fused-ring (bicyclic) bond motifs is 1. The zero-order valence-electron chi connectivity index (χ0n) is 13.6. The van der Waals surface area contributed by atoms with Gasteiger partial charge in [-0.25, -0.2) is 0 Å². The van der Waals surface area contributed by atoms with E-state index in [9.17, 15) is 4.79 Å². The molecule has 0 fully saturated rings. The van der Waals surface area contributed by atoms with E-state index in [1.165, 1.54) is 0 Å². The Kier molecular flexibility index (Phi) is 5.31. The lowest BCUT2D eigenvalue weighted by molar-refractivity contribution is 0.218. The summed E-state index contributed by atoms with van der Waals surface area (Å²) >= 11 is 0. The van der Waals surface area contributed by atoms with Gasteiger partial charge >= 0.3 is 0 Å². The molecule has 0 amide bonds. The van der Waals surface area contributed by atoms with Crippen LogP contribution in [0.2, 0.25) is 0 Å². The molecule has 22 heavy (non-hydrogen) atoms. The van der Waals surface area contributed by atoms with Gasteiger partial charge in [0, 0.05) is 11.5 Å². The van der Waals surface area contributed by atoms with Gasteiger partial charge in [-0.15, -0.1) is 0 Å². The smallest absolute Gasteiger partial charge is 0.294 e. The Hall–Kier alpha value is -2.17. The predicted octanol–water partition coefficient (Wildman–Crippen LogP) is 3.50. The maximum atomic E-state index is 12.3. The number of ether oxygens (including phenoxy) is 3. The standard InChI is InChI=1S/C17H23NO4/c1-5-6-9-21-15-13-8-7-12(20-4)10-14(13)18-17(19)16(15)22-11(2)3/h7-8,10-11H,5-6,9H2,1-4H3,(H,18,19). The first-order chi connectivity index (χ1) is 10.6. The third kappa shape index (κ3) is 3.53. The summed E-state index contributed by atoms with van der Waals surface area (Å²) in [7, 11) is 1.59. The maximum Gasteiger partial charge on any atom is 0.294 e. The summed E-state index contributed by atoms with van der Waals surface area (Å²) in [5, 5.41) is 0.812. The molecule has 0 aliphatic carbocycles. The number of aromatic amines is 1. The van der Waals surface area contributed by atoms with Gasteiger partial charge < -0.3 is 19.2 Å². The maximum absolute atomic E-state index is 12.3. The number of benzene rings is 1. The van der Waals surface area contributed by atoms with Crippen molar-refractivity contribution in [3.8, 4) is 17.2 Å². The molecule has 0 saturated carbocycles. The van der Waals surface area contributed by atoms with Crippen LogP contribution in [0.4, 0.5) is 0 Å². The SMILES string of the molecule is CCCCOc1c(OC(C)C)c(=O)[nH]c2cc(OC)ccc12. The third-order valence-corrected chi connectivity index (χ3v) is 3.23. The minimum atomic E-state index is -0.291. The molecule has 0 unspecified atom stereocenters. The first kappa shape index (κ1) is 16.2. The highest BCUT2D eigenvalue weighted by Gasteiger charge is 2.17. The molecule has 2 rings (SSSR count). The van der Waals surface area contributed by atoms with Crippen LogP contribution < -0.4 is 19.8 Å². The number of hydrogen-bond acceptors (Lipinski definition) is 4. The van der Waals surface area contributed by atoms with Gasteiger partial charge in [-0.05, 0) is 32.4 Å². The number of H-pyrrole nitrogens is 1. The van der Waals surface area contributed by atoms with Gasteiger partial charge in [-0.2, -0.15) is 0 Å². The molecule has 1 N–H and O–H groups in total. The Bertz CT molecular complexity index is 691. The van der Waals surface area contributed by atoms with E-state index in [1.54, 1.807) is 13.2 Å². The summed E-state index contributed by atoms with van der Waals surface area (Å²) in [6.45, 7) is 6.41. The number of pyridine rings is 1. The fourth-order valence-corrected chi connectivity index (χ4v) is 2.16. The van der Waals surface area contributed by atoms with Crippen molar-refractivity contribution in [3.63, 3.8) is 0 Å². The van der Waals surface area contributed by atoms with E-state index in [0.717, 1.165) is 18.2 Å². The Labute approximate surface area is 130 Å². The Morgan fingerprint density at radius 2 is 2.00 bits per heavy atom. The van der Waals surface area contributed by atoms with Crippen molar-refractivity contribution in [2.75, 3.05) is 13.7 Å². The first-order valence-electron chi connectivity index (χ1n) is 7.60. The fraction of sp³-hybridized carbons (Fsp3) is 0.471. The van der Waals surface area contributed by atoms with E-state index < -0.39 is 0 Å². The van der Waals surface area contributed by atoms with E-state index in [1.807, 2.05) is 26.0 Å². The van der Waals surface area contributed by atoms with Crippen molar-refractivity contribution in [1.29, 1.82) is 0 Å². The number of hydrogen-bond donors (Lipinski definition) is 1. The van der Waals surface area contributed by atoms with Gasteiger partial charge in [-0.1, -0.05) is 13.3 Å². The number of aromatic nitrogens is 1. The van der Waals surface area contributed by atoms with Gasteiger partial charge in [-0.3, -0.25) is 4.79 Å². The molecule has 0 aliphatic rings. The zero-order chi connectivity index (χ0) is 16.1. The molecule has 0 radical (unpaired) electrons. The van der Waals surface area contributed by atoms with Gasteiger partial charge in [0.15, 0.2) is 5.75 Å². The van der Waals surface area contributed by atoms with Crippen LogP contribution in [0.25, 0.3) is 10.9 Å². The number of methoxy groups -OCH3 is 1. The second-order valence-corrected chi connectivity index (χ2v) is 5.39. The van der Waals surface area contributed by atoms with E-state index in [2.05, 4.69) is 11.9 Å². The second-order valence-electron chi connectivity index (χ2n) is 5.39. The molecule has 0 aliphatic heterocycles. The largest absolute Gasteiger partial charge is 0.497 e. The lowest BCUT2D eigenvalue weighted by atomic mass is 10.2. The average molecular weight is 305 g/mol. The second kappa shape index (κ2) is 7.20. The molecule has 1 heterocycles. The van der Waals surface area contributed by atoms with Crippen molar-refractivity contribution in [2.45, 2.75) is 39.7 Å². The molecular formula is C17H23NO4. The lowest BCUT2D eigenvalue weighted by Crippen LogP contribution is -2.18. The highest BCUT2D eigenvalue weighted by atomic mass is 16.5. The molecule has 1 aromatic carbocycles. The molecule has 0 spiro atoms. The zero-order valence-corrected chi connectivity index (χ0v) is 13.6. The summed E-state index contributed by atoms with van der Waals surface area (Å²) < 4.78 is 16.7. The van der Waals surface area contributed by atoms with Crippen molar-refractivity contribution in [3.05, 3.63) is 28.6 Å². The summed E-state index contributed by atoms with van der Waals surface area (Å²) in [4.78, 5) is 15.1. The Morgan fingerprint density at radius 3 is 2.64 bits per heavy atom. The molecular weight excluding hydrogens is 282 g/mol. The Balaban J connectivity index is 2.57. The summed E-state index contributed by atoms with van der Waals surface area (Å²) in [6, 6.07) is 5.49. The summed E-state index contributed by atoms with van der Waals surface area (Å²) in [5.41, 5.74) is 0.382. The van der Waals surface area contributed by atoms with Crippen LogP contribution in [0.15, 0.2) is 23.0 Å². The fourth-order valence-electron chi connectivity index (χ4n) is 2.16. The van der Waals surface area contributed by atoms with Crippen molar-refractivity contribution in [1.82, 2.24) is 4.98 Å². The van der Waals surface area contributed by atoms with Crippen LogP contribution in [0.3, 0.4) is 0 Å². The van der Waals surface area contributed by atoms with Crippen molar-refractivity contribution in [2.24, 2.45) is 0 Å². The van der Waals surface area contributed by atoms with Crippen LogP contribution >= 0.6 is 0 Å². The Morgan fingerprint density at radius 1 is 1.23 bits per heavy atom. The minimum absolute atomic E-state index is 0.106. The van der Waals surface area contributed by atoms with E-state index in [4.69, 9.17) is 14.2 Å². The molecule has 2 aromatic rings. The summed E-state index contributed by atoms with van der Waals surface area (Å²) in [5.74, 6) is 1.42. The summed E-state index contributed by atoms with van der Waals surface area (Å²) in [6.07, 6.45) is 1.84. The average Bonchev–Trinajstić information content (AvgIpc) is 2.49. The van der Waals surface area contributed by atoms with Crippen LogP contribution in [-0.2, 0) is 0 Å². The molecule has 0 saturated heterocycles. The molecule has 1 aromatic heterocycles. The molecule has 5 heteroatoms. The van der Waals surface area contributed by atoms with E-state index >= 15 is 0 Å². The van der Waals surface area contributed by atoms with Crippen molar-refractivity contribution < 1.29 is 14.2 Å². The number of nitrogens with one attached hydrogen (secondary N) is 1. The third-order valence-electron chi connectivity index (χ3n) is 3.23. The van der Waals surface area contributed by atoms with Gasteiger partial charge in [0.1, 0.15) is 5.75 Å². The van der Waals surface area contributed by atoms with Gasteiger partial charge in [0.2, 0.25) is 5.75 Å². The monoisotopic (exact) mass is 305 g/mol. The first-order valence-corrected chi connectivity index (χ1v) is 7.60. The molecule has 0 atom stereocenters. The van der Waals surface area contributed by atoms with Crippen molar-refractivity contribution >= 4 is 10.9 Å². The van der Waals surface area contributed by atoms with Crippen LogP contribution in [0.1, 0.15) is 33.6 Å². The quantitative estimate of drug-likeness (QED) is 0.795. The van der Waals surface area contributed by atoms with E-state index in [0.29, 0.717) is 23.6 Å². The highest BCUT2D eigenvalue weighted by Crippen LogP contribution is 2.33. The number of unbranched alkanes of at least 4 members (excludes halogenated alkanes) is 1. The minimum Gasteiger partial charge on any atom is -0.497 e. The van der Waals surface area contributed by atoms with Gasteiger partial charge in [0.25, 0.3) is 5.56 Å². The predicted molar refractivity (Wildman–Crippen MR) is 87.3 cm³/mol. The van der Waals surface area contributed by atoms with Crippen LogP contribution in [0, 0.1) is 0 Å².